The lowest BCUT2D eigenvalue weighted by atomic mass is 10.1. The van der Waals surface area contributed by atoms with E-state index in [1.165, 1.54) is 25.7 Å². The fourth-order valence-corrected chi connectivity index (χ4v) is 3.19. The highest BCUT2D eigenvalue weighted by molar-refractivity contribution is 5.05. The van der Waals surface area contributed by atoms with E-state index in [4.69, 9.17) is 4.52 Å². The van der Waals surface area contributed by atoms with E-state index >= 15 is 0 Å². The van der Waals surface area contributed by atoms with Crippen LogP contribution >= 0.6 is 0 Å². The SMILES string of the molecule is CCCNCc1cc(CN(CC(C)C)C2CCCC2)on1. The molecule has 1 aromatic heterocycles. The first kappa shape index (κ1) is 16.5. The van der Waals surface area contributed by atoms with Gasteiger partial charge in [0, 0.05) is 25.2 Å². The minimum Gasteiger partial charge on any atom is -0.360 e. The van der Waals surface area contributed by atoms with Crippen LogP contribution in [0.2, 0.25) is 0 Å². The van der Waals surface area contributed by atoms with Gasteiger partial charge in [-0.3, -0.25) is 4.90 Å². The maximum Gasteiger partial charge on any atom is 0.151 e. The predicted molar refractivity (Wildman–Crippen MR) is 86.0 cm³/mol. The summed E-state index contributed by atoms with van der Waals surface area (Å²) in [4.78, 5) is 2.60. The smallest absolute Gasteiger partial charge is 0.151 e. The van der Waals surface area contributed by atoms with Gasteiger partial charge in [0.05, 0.1) is 12.2 Å². The Hall–Kier alpha value is -0.870. The first-order valence-corrected chi connectivity index (χ1v) is 8.58. The largest absolute Gasteiger partial charge is 0.360 e. The molecule has 0 spiro atoms. The summed E-state index contributed by atoms with van der Waals surface area (Å²) >= 11 is 0. The standard InChI is InChI=1S/C17H31N3O/c1-4-9-18-11-15-10-17(21-19-15)13-20(12-14(2)3)16-7-5-6-8-16/h10,14,16,18H,4-9,11-13H2,1-3H3. The normalized spacial score (nSPS) is 16.4. The Labute approximate surface area is 129 Å². The van der Waals surface area contributed by atoms with Crippen LogP contribution in [0.3, 0.4) is 0 Å². The van der Waals surface area contributed by atoms with E-state index in [-0.39, 0.29) is 0 Å². The fraction of sp³-hybridized carbons (Fsp3) is 0.824. The second-order valence-corrected chi connectivity index (χ2v) is 6.72. The Morgan fingerprint density at radius 3 is 2.81 bits per heavy atom. The lowest BCUT2D eigenvalue weighted by molar-refractivity contribution is 0.151. The molecule has 0 amide bonds. The van der Waals surface area contributed by atoms with Gasteiger partial charge in [0.25, 0.3) is 0 Å². The van der Waals surface area contributed by atoms with Crippen molar-refractivity contribution in [1.29, 1.82) is 0 Å². The molecule has 1 N–H and O–H groups in total. The molecule has 0 atom stereocenters. The minimum atomic E-state index is 0.694. The van der Waals surface area contributed by atoms with E-state index in [0.717, 1.165) is 50.1 Å². The van der Waals surface area contributed by atoms with Gasteiger partial charge in [0.15, 0.2) is 5.76 Å². The number of rotatable bonds is 9. The zero-order valence-electron chi connectivity index (χ0n) is 13.9. The molecule has 1 aliphatic rings. The number of hydrogen-bond acceptors (Lipinski definition) is 4. The van der Waals surface area contributed by atoms with Gasteiger partial charge >= 0.3 is 0 Å². The van der Waals surface area contributed by atoms with Crippen LogP contribution < -0.4 is 5.32 Å². The highest BCUT2D eigenvalue weighted by Gasteiger charge is 2.24. The third kappa shape index (κ3) is 5.44. The van der Waals surface area contributed by atoms with Gasteiger partial charge in [-0.05, 0) is 31.7 Å². The number of nitrogens with zero attached hydrogens (tertiary/aromatic N) is 2. The van der Waals surface area contributed by atoms with Crippen molar-refractivity contribution in [2.24, 2.45) is 5.92 Å². The lowest BCUT2D eigenvalue weighted by Crippen LogP contribution is -2.35. The molecule has 1 fully saturated rings. The Kier molecular flexibility index (Phi) is 6.71. The molecule has 21 heavy (non-hydrogen) atoms. The Bertz CT molecular complexity index is 396. The van der Waals surface area contributed by atoms with Crippen molar-refractivity contribution in [3.63, 3.8) is 0 Å². The minimum absolute atomic E-state index is 0.694. The Morgan fingerprint density at radius 1 is 1.38 bits per heavy atom. The van der Waals surface area contributed by atoms with Gasteiger partial charge in [0.1, 0.15) is 0 Å². The second-order valence-electron chi connectivity index (χ2n) is 6.72. The van der Waals surface area contributed by atoms with E-state index in [9.17, 15) is 0 Å². The summed E-state index contributed by atoms with van der Waals surface area (Å²) in [5.74, 6) is 1.70. The van der Waals surface area contributed by atoms with Crippen molar-refractivity contribution in [2.45, 2.75) is 72.0 Å². The summed E-state index contributed by atoms with van der Waals surface area (Å²) in [7, 11) is 0. The molecule has 1 aromatic rings. The molecule has 1 heterocycles. The molecule has 0 saturated heterocycles. The fourth-order valence-electron chi connectivity index (χ4n) is 3.19. The zero-order chi connectivity index (χ0) is 15.1. The van der Waals surface area contributed by atoms with Crippen molar-refractivity contribution >= 4 is 0 Å². The first-order valence-electron chi connectivity index (χ1n) is 8.58. The molecule has 2 rings (SSSR count). The van der Waals surface area contributed by atoms with Gasteiger partial charge in [-0.25, -0.2) is 0 Å². The van der Waals surface area contributed by atoms with Crippen LogP contribution in [0.25, 0.3) is 0 Å². The Morgan fingerprint density at radius 2 is 2.14 bits per heavy atom. The van der Waals surface area contributed by atoms with Crippen LogP contribution in [-0.4, -0.2) is 29.2 Å². The van der Waals surface area contributed by atoms with Crippen LogP contribution in [0.4, 0.5) is 0 Å². The van der Waals surface area contributed by atoms with Gasteiger partial charge in [-0.1, -0.05) is 38.8 Å². The van der Waals surface area contributed by atoms with E-state index in [2.05, 4.69) is 42.2 Å². The van der Waals surface area contributed by atoms with Crippen LogP contribution in [0.5, 0.6) is 0 Å². The second kappa shape index (κ2) is 8.54. The summed E-state index contributed by atoms with van der Waals surface area (Å²) < 4.78 is 5.54. The summed E-state index contributed by atoms with van der Waals surface area (Å²) in [5.41, 5.74) is 1.02. The molecule has 0 aromatic carbocycles. The van der Waals surface area contributed by atoms with Crippen LogP contribution in [0.15, 0.2) is 10.6 Å². The number of hydrogen-bond donors (Lipinski definition) is 1. The molecule has 120 valence electrons. The highest BCUT2D eigenvalue weighted by Crippen LogP contribution is 2.25. The van der Waals surface area contributed by atoms with Gasteiger partial charge < -0.3 is 9.84 Å². The molecular weight excluding hydrogens is 262 g/mol. The van der Waals surface area contributed by atoms with E-state index < -0.39 is 0 Å². The van der Waals surface area contributed by atoms with Gasteiger partial charge in [-0.2, -0.15) is 0 Å². The molecule has 0 aliphatic heterocycles. The van der Waals surface area contributed by atoms with Gasteiger partial charge in [0.2, 0.25) is 0 Å². The van der Waals surface area contributed by atoms with E-state index in [0.29, 0.717) is 5.92 Å². The average Bonchev–Trinajstić information content (AvgIpc) is 3.09. The Balaban J connectivity index is 1.89. The van der Waals surface area contributed by atoms with Crippen LogP contribution in [0, 0.1) is 5.92 Å². The van der Waals surface area contributed by atoms with Crippen molar-refractivity contribution in [3.8, 4) is 0 Å². The van der Waals surface area contributed by atoms with Gasteiger partial charge in [-0.15, -0.1) is 0 Å². The highest BCUT2D eigenvalue weighted by atomic mass is 16.5. The summed E-state index contributed by atoms with van der Waals surface area (Å²) in [6.07, 6.45) is 6.58. The third-order valence-corrected chi connectivity index (χ3v) is 4.14. The summed E-state index contributed by atoms with van der Waals surface area (Å²) in [6, 6.07) is 2.85. The first-order chi connectivity index (χ1) is 10.2. The van der Waals surface area contributed by atoms with Crippen molar-refractivity contribution in [2.75, 3.05) is 13.1 Å². The van der Waals surface area contributed by atoms with Crippen LogP contribution in [0.1, 0.15) is 64.3 Å². The molecule has 4 heteroatoms. The maximum atomic E-state index is 5.54. The summed E-state index contributed by atoms with van der Waals surface area (Å²) in [6.45, 7) is 10.7. The van der Waals surface area contributed by atoms with Crippen molar-refractivity contribution in [3.05, 3.63) is 17.5 Å². The lowest BCUT2D eigenvalue weighted by Gasteiger charge is -2.29. The third-order valence-electron chi connectivity index (χ3n) is 4.14. The molecule has 4 nitrogen and oxygen atoms in total. The number of aromatic nitrogens is 1. The number of nitrogens with one attached hydrogen (secondary N) is 1. The van der Waals surface area contributed by atoms with E-state index in [1.54, 1.807) is 0 Å². The average molecular weight is 293 g/mol. The maximum absolute atomic E-state index is 5.54. The molecular formula is C17H31N3O. The molecule has 0 radical (unpaired) electrons. The quantitative estimate of drug-likeness (QED) is 0.707. The topological polar surface area (TPSA) is 41.3 Å². The predicted octanol–water partition coefficient (Wildman–Crippen LogP) is 3.57. The van der Waals surface area contributed by atoms with Crippen molar-refractivity contribution < 1.29 is 4.52 Å². The molecule has 1 aliphatic carbocycles. The van der Waals surface area contributed by atoms with Crippen LogP contribution in [-0.2, 0) is 13.1 Å². The molecule has 1 saturated carbocycles. The zero-order valence-corrected chi connectivity index (χ0v) is 13.9. The molecule has 0 bridgehead atoms. The summed E-state index contributed by atoms with van der Waals surface area (Å²) in [5, 5.41) is 7.55. The monoisotopic (exact) mass is 293 g/mol. The molecule has 0 unspecified atom stereocenters. The van der Waals surface area contributed by atoms with E-state index in [1.807, 2.05) is 0 Å². The van der Waals surface area contributed by atoms with Crippen molar-refractivity contribution in [1.82, 2.24) is 15.4 Å².